The van der Waals surface area contributed by atoms with Crippen molar-refractivity contribution in [3.05, 3.63) is 33.9 Å². The molecule has 1 aliphatic rings. The summed E-state index contributed by atoms with van der Waals surface area (Å²) in [4.78, 5) is 24.6. The first-order valence-corrected chi connectivity index (χ1v) is 7.86. The Morgan fingerprint density at radius 3 is 2.67 bits per heavy atom. The minimum absolute atomic E-state index is 0.159. The molecular weight excluding hydrogens is 340 g/mol. The average molecular weight is 357 g/mol. The first-order chi connectivity index (χ1) is 10.1. The monoisotopic (exact) mass is 356 g/mol. The minimum atomic E-state index is -0.535. The van der Waals surface area contributed by atoms with Crippen molar-refractivity contribution in [3.63, 3.8) is 0 Å². The van der Waals surface area contributed by atoms with E-state index in [1.165, 1.54) is 19.2 Å². The van der Waals surface area contributed by atoms with Gasteiger partial charge < -0.3 is 9.64 Å². The lowest BCUT2D eigenvalue weighted by Crippen LogP contribution is -2.38. The van der Waals surface area contributed by atoms with Gasteiger partial charge in [-0.1, -0.05) is 15.9 Å². The zero-order valence-electron chi connectivity index (χ0n) is 11.8. The number of rotatable bonds is 4. The van der Waals surface area contributed by atoms with Crippen LogP contribution in [0.2, 0.25) is 0 Å². The Morgan fingerprint density at radius 2 is 2.14 bits per heavy atom. The summed E-state index contributed by atoms with van der Waals surface area (Å²) in [5.74, 6) is 0.600. The number of carbonyl (C=O) groups is 1. The molecule has 0 radical (unpaired) electrons. The van der Waals surface area contributed by atoms with Crippen molar-refractivity contribution in [2.75, 3.05) is 25.5 Å². The molecule has 1 saturated heterocycles. The number of ether oxygens (including phenoxy) is 1. The maximum Gasteiger partial charge on any atom is 0.311 e. The van der Waals surface area contributed by atoms with Crippen LogP contribution in [0.25, 0.3) is 0 Å². The molecule has 0 bridgehead atoms. The lowest BCUT2D eigenvalue weighted by Gasteiger charge is -2.31. The Hall–Kier alpha value is -1.63. The van der Waals surface area contributed by atoms with Gasteiger partial charge >= 0.3 is 5.69 Å². The second kappa shape index (κ2) is 6.89. The molecule has 0 spiro atoms. The van der Waals surface area contributed by atoms with Crippen molar-refractivity contribution in [2.24, 2.45) is 5.92 Å². The highest BCUT2D eigenvalue weighted by Gasteiger charge is 2.25. The number of hydrogen-bond acceptors (Lipinski definition) is 4. The summed E-state index contributed by atoms with van der Waals surface area (Å²) in [5.41, 5.74) is 0.151. The van der Waals surface area contributed by atoms with Gasteiger partial charge in [0, 0.05) is 30.0 Å². The van der Waals surface area contributed by atoms with Crippen LogP contribution in [-0.2, 0) is 0 Å². The highest BCUT2D eigenvalue weighted by Crippen LogP contribution is 2.28. The molecule has 0 unspecified atom stereocenters. The van der Waals surface area contributed by atoms with E-state index in [0.29, 0.717) is 24.6 Å². The third-order valence-corrected chi connectivity index (χ3v) is 4.66. The number of carbonyl (C=O) groups excluding carboxylic acids is 1. The van der Waals surface area contributed by atoms with E-state index in [2.05, 4.69) is 15.9 Å². The topological polar surface area (TPSA) is 72.7 Å². The number of halogens is 1. The van der Waals surface area contributed by atoms with Gasteiger partial charge in [0.15, 0.2) is 5.75 Å². The van der Waals surface area contributed by atoms with E-state index < -0.39 is 4.92 Å². The first kappa shape index (κ1) is 15.8. The van der Waals surface area contributed by atoms with Crippen LogP contribution in [0.1, 0.15) is 23.2 Å². The molecule has 114 valence electrons. The van der Waals surface area contributed by atoms with Crippen molar-refractivity contribution >= 4 is 27.5 Å². The molecule has 0 saturated carbocycles. The molecule has 7 heteroatoms. The molecule has 1 aromatic rings. The molecule has 1 fully saturated rings. The Balaban J connectivity index is 2.16. The van der Waals surface area contributed by atoms with Gasteiger partial charge in [-0.15, -0.1) is 0 Å². The molecule has 6 nitrogen and oxygen atoms in total. The number of nitrogens with zero attached hydrogens (tertiary/aromatic N) is 2. The lowest BCUT2D eigenvalue weighted by molar-refractivity contribution is -0.385. The summed E-state index contributed by atoms with van der Waals surface area (Å²) >= 11 is 3.46. The zero-order chi connectivity index (χ0) is 15.4. The molecule has 0 N–H and O–H groups in total. The van der Waals surface area contributed by atoms with Gasteiger partial charge in [-0.05, 0) is 30.9 Å². The minimum Gasteiger partial charge on any atom is -0.490 e. The first-order valence-electron chi connectivity index (χ1n) is 6.74. The summed E-state index contributed by atoms with van der Waals surface area (Å²) in [6.07, 6.45) is 1.91. The number of benzene rings is 1. The maximum atomic E-state index is 12.4. The number of nitro benzene ring substituents is 1. The quantitative estimate of drug-likeness (QED) is 0.472. The molecule has 21 heavy (non-hydrogen) atoms. The third-order valence-electron chi connectivity index (χ3n) is 3.74. The Morgan fingerprint density at radius 1 is 1.48 bits per heavy atom. The van der Waals surface area contributed by atoms with Crippen LogP contribution in [0, 0.1) is 16.0 Å². The van der Waals surface area contributed by atoms with Gasteiger partial charge in [0.05, 0.1) is 12.0 Å². The summed E-state index contributed by atoms with van der Waals surface area (Å²) in [7, 11) is 1.37. The van der Waals surface area contributed by atoms with Crippen LogP contribution in [0.15, 0.2) is 18.2 Å². The van der Waals surface area contributed by atoms with Crippen LogP contribution in [0.4, 0.5) is 5.69 Å². The second-order valence-corrected chi connectivity index (χ2v) is 5.68. The SMILES string of the molecule is COc1ccc(C(=O)N2CCC(CBr)CC2)cc1[N+](=O)[O-]. The third kappa shape index (κ3) is 3.53. The largest absolute Gasteiger partial charge is 0.490 e. The van der Waals surface area contributed by atoms with Gasteiger partial charge in [-0.3, -0.25) is 14.9 Å². The van der Waals surface area contributed by atoms with Crippen LogP contribution in [0.5, 0.6) is 5.75 Å². The second-order valence-electron chi connectivity index (χ2n) is 5.03. The molecule has 0 atom stereocenters. The fourth-order valence-electron chi connectivity index (χ4n) is 2.44. The van der Waals surface area contributed by atoms with Crippen molar-refractivity contribution in [1.29, 1.82) is 0 Å². The van der Waals surface area contributed by atoms with E-state index in [-0.39, 0.29) is 17.3 Å². The number of nitro groups is 1. The van der Waals surface area contributed by atoms with Crippen molar-refractivity contribution in [1.82, 2.24) is 4.90 Å². The Kier molecular flexibility index (Phi) is 5.17. The lowest BCUT2D eigenvalue weighted by atomic mass is 9.98. The van der Waals surface area contributed by atoms with Gasteiger partial charge in [0.2, 0.25) is 0 Å². The number of likely N-dealkylation sites (tertiary alicyclic amines) is 1. The van der Waals surface area contributed by atoms with E-state index >= 15 is 0 Å². The molecule has 1 aromatic carbocycles. The van der Waals surface area contributed by atoms with E-state index in [0.717, 1.165) is 18.2 Å². The molecule has 1 heterocycles. The van der Waals surface area contributed by atoms with Gasteiger partial charge in [0.25, 0.3) is 5.91 Å². The number of amides is 1. The van der Waals surface area contributed by atoms with E-state index in [4.69, 9.17) is 4.74 Å². The van der Waals surface area contributed by atoms with Crippen LogP contribution in [0.3, 0.4) is 0 Å². The van der Waals surface area contributed by atoms with Gasteiger partial charge in [0.1, 0.15) is 0 Å². The Labute approximate surface area is 131 Å². The van der Waals surface area contributed by atoms with E-state index in [1.807, 2.05) is 0 Å². The molecule has 1 amide bonds. The highest BCUT2D eigenvalue weighted by molar-refractivity contribution is 9.09. The van der Waals surface area contributed by atoms with Gasteiger partial charge in [-0.2, -0.15) is 0 Å². The summed E-state index contributed by atoms with van der Waals surface area (Å²) in [6.45, 7) is 1.38. The fraction of sp³-hybridized carbons (Fsp3) is 0.500. The summed E-state index contributed by atoms with van der Waals surface area (Å²) in [5, 5.41) is 12.0. The Bertz CT molecular complexity index is 542. The average Bonchev–Trinajstić information content (AvgIpc) is 2.53. The van der Waals surface area contributed by atoms with E-state index in [9.17, 15) is 14.9 Å². The highest BCUT2D eigenvalue weighted by atomic mass is 79.9. The van der Waals surface area contributed by atoms with Crippen LogP contribution >= 0.6 is 15.9 Å². The summed E-state index contributed by atoms with van der Waals surface area (Å²) in [6, 6.07) is 4.33. The predicted molar refractivity (Wildman–Crippen MR) is 82.1 cm³/mol. The molecule has 2 rings (SSSR count). The fourth-order valence-corrected chi connectivity index (χ4v) is 3.09. The molecular formula is C14H17BrN2O4. The van der Waals surface area contributed by atoms with Crippen LogP contribution < -0.4 is 4.74 Å². The standard InChI is InChI=1S/C14H17BrN2O4/c1-21-13-3-2-11(8-12(13)17(19)20)14(18)16-6-4-10(9-15)5-7-16/h2-3,8,10H,4-7,9H2,1H3. The summed E-state index contributed by atoms with van der Waals surface area (Å²) < 4.78 is 4.94. The molecule has 0 aliphatic carbocycles. The number of piperidine rings is 1. The molecule has 1 aliphatic heterocycles. The van der Waals surface area contributed by atoms with E-state index in [1.54, 1.807) is 11.0 Å². The zero-order valence-corrected chi connectivity index (χ0v) is 13.3. The normalized spacial score (nSPS) is 15.8. The van der Waals surface area contributed by atoms with Crippen LogP contribution in [-0.4, -0.2) is 41.3 Å². The number of methoxy groups -OCH3 is 1. The smallest absolute Gasteiger partial charge is 0.311 e. The molecule has 0 aromatic heterocycles. The van der Waals surface area contributed by atoms with Gasteiger partial charge in [-0.25, -0.2) is 0 Å². The van der Waals surface area contributed by atoms with Crippen molar-refractivity contribution in [3.8, 4) is 5.75 Å². The van der Waals surface area contributed by atoms with Crippen molar-refractivity contribution in [2.45, 2.75) is 12.8 Å². The van der Waals surface area contributed by atoms with Crippen molar-refractivity contribution < 1.29 is 14.5 Å². The number of alkyl halides is 1. The number of hydrogen-bond donors (Lipinski definition) is 0. The predicted octanol–water partition coefficient (Wildman–Crippen LogP) is 2.85. The maximum absolute atomic E-state index is 12.4.